The molecule has 2 aromatic heterocycles. The second kappa shape index (κ2) is 11.0. The number of nitrogens with zero attached hydrogens (tertiary/aromatic N) is 4. The van der Waals surface area contributed by atoms with Crippen molar-refractivity contribution in [1.29, 1.82) is 0 Å². The number of anilines is 1. The van der Waals surface area contributed by atoms with Crippen LogP contribution in [0.5, 0.6) is 5.88 Å². The number of likely N-dealkylation sites (N-methyl/N-ethyl adjacent to an activating group) is 1. The van der Waals surface area contributed by atoms with E-state index in [1.807, 2.05) is 13.8 Å². The first kappa shape index (κ1) is 25.8. The number of pyridine rings is 1. The van der Waals surface area contributed by atoms with E-state index >= 15 is 0 Å². The van der Waals surface area contributed by atoms with Gasteiger partial charge in [0, 0.05) is 23.5 Å². The number of benzene rings is 1. The normalized spacial score (nSPS) is 12.0. The van der Waals surface area contributed by atoms with Crippen molar-refractivity contribution in [3.8, 4) is 28.3 Å². The number of allylic oxidation sites excluding steroid dienone is 1. The minimum absolute atomic E-state index is 0.0357. The zero-order valence-corrected chi connectivity index (χ0v) is 19.7. The molecule has 0 amide bonds. The molecule has 0 fully saturated rings. The first-order valence-corrected chi connectivity index (χ1v) is 11.0. The summed E-state index contributed by atoms with van der Waals surface area (Å²) in [6.07, 6.45) is -2.26. The number of aromatic nitrogens is 3. The monoisotopic (exact) mass is 487 g/mol. The van der Waals surface area contributed by atoms with Gasteiger partial charge in [-0.3, -0.25) is 4.98 Å². The lowest BCUT2D eigenvalue weighted by Gasteiger charge is -2.23. The molecule has 0 unspecified atom stereocenters. The summed E-state index contributed by atoms with van der Waals surface area (Å²) in [5.74, 6) is 5.55. The van der Waals surface area contributed by atoms with Gasteiger partial charge >= 0.3 is 0 Å². The van der Waals surface area contributed by atoms with Crippen molar-refractivity contribution in [2.45, 2.75) is 33.6 Å². The molecule has 35 heavy (non-hydrogen) atoms. The highest BCUT2D eigenvalue weighted by Gasteiger charge is 2.22. The maximum atomic E-state index is 13.6. The van der Waals surface area contributed by atoms with E-state index in [2.05, 4.69) is 15.0 Å². The molecule has 0 aliphatic carbocycles. The number of hydrazine groups is 1. The van der Waals surface area contributed by atoms with E-state index in [9.17, 15) is 13.2 Å². The number of hydrogen-bond donors (Lipinski definition) is 3. The number of nitrogen functional groups attached to an aromatic ring is 1. The summed E-state index contributed by atoms with van der Waals surface area (Å²) in [4.78, 5) is 12.5. The molecule has 0 saturated carbocycles. The molecule has 1 aromatic carbocycles. The molecule has 8 nitrogen and oxygen atoms in total. The van der Waals surface area contributed by atoms with Gasteiger partial charge in [0.2, 0.25) is 11.8 Å². The third kappa shape index (κ3) is 5.99. The molecule has 0 spiro atoms. The number of hydrogen-bond acceptors (Lipinski definition) is 8. The Morgan fingerprint density at radius 2 is 1.74 bits per heavy atom. The highest BCUT2D eigenvalue weighted by atomic mass is 19.3. The third-order valence-electron chi connectivity index (χ3n) is 5.28. The van der Waals surface area contributed by atoms with Gasteiger partial charge in [-0.15, -0.1) is 0 Å². The lowest BCUT2D eigenvalue weighted by molar-refractivity contribution is 0.146. The van der Waals surface area contributed by atoms with Crippen molar-refractivity contribution in [1.82, 2.24) is 20.0 Å². The van der Waals surface area contributed by atoms with Crippen LogP contribution < -0.4 is 22.0 Å². The van der Waals surface area contributed by atoms with Crippen LogP contribution in [0.1, 0.15) is 38.1 Å². The standard InChI is InChI=1S/C24H28F3N7O/c1-4-17(28)19(34(30)5-2)12-35-23-20(15-10-13(3)31-18(11-15)22(26)27)21(32-24(29)33-23)14-6-8-16(25)9-7-14/h6-11,22H,4-5,12,28,30H2,1-3H3,(H2,29,32,33)/b19-17-. The Kier molecular flexibility index (Phi) is 8.13. The number of aryl methyl sites for hydroxylation is 1. The fraction of sp³-hybridized carbons (Fsp3) is 0.292. The Balaban J connectivity index is 2.23. The minimum Gasteiger partial charge on any atom is -0.471 e. The van der Waals surface area contributed by atoms with Crippen LogP contribution in [-0.4, -0.2) is 33.1 Å². The Morgan fingerprint density at radius 3 is 2.34 bits per heavy atom. The largest absolute Gasteiger partial charge is 0.471 e. The van der Waals surface area contributed by atoms with Crippen molar-refractivity contribution >= 4 is 5.95 Å². The van der Waals surface area contributed by atoms with Gasteiger partial charge in [0.05, 0.1) is 17.0 Å². The number of alkyl halides is 2. The first-order valence-electron chi connectivity index (χ1n) is 11.0. The lowest BCUT2D eigenvalue weighted by Crippen LogP contribution is -2.35. The summed E-state index contributed by atoms with van der Waals surface area (Å²) in [5.41, 5.74) is 14.6. The maximum Gasteiger partial charge on any atom is 0.280 e. The van der Waals surface area contributed by atoms with E-state index in [1.165, 1.54) is 35.3 Å². The van der Waals surface area contributed by atoms with Crippen molar-refractivity contribution in [2.75, 3.05) is 18.9 Å². The van der Waals surface area contributed by atoms with E-state index in [4.69, 9.17) is 22.0 Å². The van der Waals surface area contributed by atoms with Crippen LogP contribution in [0.15, 0.2) is 47.8 Å². The zero-order chi connectivity index (χ0) is 25.7. The predicted molar refractivity (Wildman–Crippen MR) is 128 cm³/mol. The molecule has 0 aliphatic heterocycles. The van der Waals surface area contributed by atoms with Crippen LogP contribution >= 0.6 is 0 Å². The molecule has 0 radical (unpaired) electrons. The molecule has 0 aliphatic rings. The van der Waals surface area contributed by atoms with Crippen LogP contribution in [0.3, 0.4) is 0 Å². The van der Waals surface area contributed by atoms with Crippen molar-refractivity contribution in [3.05, 3.63) is 65.0 Å². The van der Waals surface area contributed by atoms with Crippen LogP contribution in [0.25, 0.3) is 22.4 Å². The van der Waals surface area contributed by atoms with E-state index in [-0.39, 0.29) is 24.1 Å². The molecule has 0 bridgehead atoms. The Hall–Kier alpha value is -3.86. The van der Waals surface area contributed by atoms with Gasteiger partial charge in [-0.1, -0.05) is 6.92 Å². The summed E-state index contributed by atoms with van der Waals surface area (Å²) in [7, 11) is 0. The molecule has 11 heteroatoms. The smallest absolute Gasteiger partial charge is 0.280 e. The van der Waals surface area contributed by atoms with Gasteiger partial charge in [0.15, 0.2) is 0 Å². The number of ether oxygens (including phenoxy) is 1. The molecular weight excluding hydrogens is 459 g/mol. The van der Waals surface area contributed by atoms with Gasteiger partial charge in [-0.2, -0.15) is 4.98 Å². The summed E-state index contributed by atoms with van der Waals surface area (Å²) in [6.45, 7) is 5.75. The fourth-order valence-corrected chi connectivity index (χ4v) is 3.48. The zero-order valence-electron chi connectivity index (χ0n) is 19.7. The van der Waals surface area contributed by atoms with Gasteiger partial charge in [-0.05, 0) is 62.2 Å². The van der Waals surface area contributed by atoms with Crippen molar-refractivity contribution < 1.29 is 17.9 Å². The fourth-order valence-electron chi connectivity index (χ4n) is 3.48. The molecule has 186 valence electrons. The van der Waals surface area contributed by atoms with E-state index in [0.717, 1.165) is 0 Å². The van der Waals surface area contributed by atoms with Crippen molar-refractivity contribution in [3.63, 3.8) is 0 Å². The summed E-state index contributed by atoms with van der Waals surface area (Å²) in [6, 6.07) is 8.38. The average molecular weight is 488 g/mol. The van der Waals surface area contributed by atoms with Crippen LogP contribution in [-0.2, 0) is 0 Å². The van der Waals surface area contributed by atoms with Gasteiger partial charge in [-0.25, -0.2) is 24.0 Å². The lowest BCUT2D eigenvalue weighted by atomic mass is 9.99. The van der Waals surface area contributed by atoms with Crippen LogP contribution in [0.4, 0.5) is 19.1 Å². The topological polar surface area (TPSA) is 129 Å². The maximum absolute atomic E-state index is 13.6. The molecule has 2 heterocycles. The van der Waals surface area contributed by atoms with Crippen LogP contribution in [0, 0.1) is 12.7 Å². The molecule has 3 aromatic rings. The molecule has 6 N–H and O–H groups in total. The first-order chi connectivity index (χ1) is 16.6. The highest BCUT2D eigenvalue weighted by molar-refractivity contribution is 5.85. The van der Waals surface area contributed by atoms with Crippen LogP contribution in [0.2, 0.25) is 0 Å². The Labute approximate surface area is 201 Å². The SMILES string of the molecule is CC/C(N)=C(\COc1nc(N)nc(-c2ccc(F)cc2)c1-c1cc(C)nc(C(F)F)c1)N(N)CC. The van der Waals surface area contributed by atoms with Gasteiger partial charge < -0.3 is 21.2 Å². The molecule has 0 saturated heterocycles. The minimum atomic E-state index is -2.80. The molecule has 0 atom stereocenters. The quantitative estimate of drug-likeness (QED) is 0.300. The number of nitrogens with two attached hydrogens (primary N) is 3. The van der Waals surface area contributed by atoms with Crippen molar-refractivity contribution in [2.24, 2.45) is 11.6 Å². The predicted octanol–water partition coefficient (Wildman–Crippen LogP) is 4.33. The summed E-state index contributed by atoms with van der Waals surface area (Å²) in [5, 5.41) is 1.45. The molecule has 3 rings (SSSR count). The Morgan fingerprint density at radius 1 is 1.06 bits per heavy atom. The van der Waals surface area contributed by atoms with E-state index in [1.54, 1.807) is 13.0 Å². The summed E-state index contributed by atoms with van der Waals surface area (Å²) >= 11 is 0. The average Bonchev–Trinajstić information content (AvgIpc) is 2.83. The van der Waals surface area contributed by atoms with E-state index in [0.29, 0.717) is 46.7 Å². The molecular formula is C24H28F3N7O. The second-order valence-corrected chi connectivity index (χ2v) is 7.74. The highest BCUT2D eigenvalue weighted by Crippen LogP contribution is 2.39. The Bertz CT molecular complexity index is 1220. The van der Waals surface area contributed by atoms with Gasteiger partial charge in [0.1, 0.15) is 18.1 Å². The van der Waals surface area contributed by atoms with Gasteiger partial charge in [0.25, 0.3) is 6.43 Å². The number of rotatable bonds is 9. The third-order valence-corrected chi connectivity index (χ3v) is 5.28. The second-order valence-electron chi connectivity index (χ2n) is 7.74. The summed E-state index contributed by atoms with van der Waals surface area (Å²) < 4.78 is 46.8. The number of halogens is 3. The van der Waals surface area contributed by atoms with E-state index < -0.39 is 17.9 Å².